The van der Waals surface area contributed by atoms with Gasteiger partial charge < -0.3 is 9.15 Å². The van der Waals surface area contributed by atoms with Gasteiger partial charge in [-0.1, -0.05) is 18.2 Å². The minimum Gasteiger partial charge on any atom is -0.465 e. The number of nitrogens with zero attached hydrogens (tertiary/aromatic N) is 1. The van der Waals surface area contributed by atoms with Crippen LogP contribution in [0.15, 0.2) is 34.9 Å². The maximum atomic E-state index is 11.6. The molecule has 4 nitrogen and oxygen atoms in total. The molecule has 96 valence electrons. The first-order valence-corrected chi connectivity index (χ1v) is 6.54. The monoisotopic (exact) mass is 273 g/mol. The first-order valence-electron chi connectivity index (χ1n) is 5.73. The molecule has 3 rings (SSSR count). The van der Waals surface area contributed by atoms with Crippen molar-refractivity contribution in [3.8, 4) is 10.6 Å². The van der Waals surface area contributed by atoms with Crippen LogP contribution in [0.4, 0.5) is 0 Å². The van der Waals surface area contributed by atoms with E-state index in [4.69, 9.17) is 9.15 Å². The molecule has 3 aromatic rings. The van der Waals surface area contributed by atoms with Crippen molar-refractivity contribution in [1.82, 2.24) is 4.98 Å². The van der Waals surface area contributed by atoms with Gasteiger partial charge in [0.1, 0.15) is 21.7 Å². The Bertz CT molecular complexity index is 757. The molecular weight excluding hydrogens is 262 g/mol. The summed E-state index contributed by atoms with van der Waals surface area (Å²) in [6.45, 7) is 1.80. The lowest BCUT2D eigenvalue weighted by Crippen LogP contribution is -1.99. The quantitative estimate of drug-likeness (QED) is 0.669. The van der Waals surface area contributed by atoms with Gasteiger partial charge in [0, 0.05) is 5.39 Å². The fraction of sp³-hybridized carbons (Fsp3) is 0.143. The highest BCUT2D eigenvalue weighted by molar-refractivity contribution is 7.17. The maximum absolute atomic E-state index is 11.6. The minimum absolute atomic E-state index is 0.353. The number of aromatic nitrogens is 1. The molecule has 2 heterocycles. The standard InChI is InChI=1S/C14H11NO3S/c1-8-12(14(16)17-2)19-13(15-8)10-7-18-11-6-4-3-5-9(10)11/h3-7H,1-2H3. The molecule has 0 radical (unpaired) electrons. The zero-order chi connectivity index (χ0) is 13.4. The Balaban J connectivity index is 2.15. The summed E-state index contributed by atoms with van der Waals surface area (Å²) < 4.78 is 10.2. The van der Waals surface area contributed by atoms with Crippen LogP contribution < -0.4 is 0 Å². The van der Waals surface area contributed by atoms with E-state index in [1.807, 2.05) is 24.3 Å². The lowest BCUT2D eigenvalue weighted by molar-refractivity contribution is 0.0605. The fourth-order valence-electron chi connectivity index (χ4n) is 1.94. The number of methoxy groups -OCH3 is 1. The van der Waals surface area contributed by atoms with E-state index in [0.717, 1.165) is 21.5 Å². The van der Waals surface area contributed by atoms with Crippen LogP contribution in [0.3, 0.4) is 0 Å². The molecule has 0 amide bonds. The number of rotatable bonds is 2. The molecule has 5 heteroatoms. The Morgan fingerprint density at radius 1 is 1.37 bits per heavy atom. The van der Waals surface area contributed by atoms with E-state index < -0.39 is 0 Å². The summed E-state index contributed by atoms with van der Waals surface area (Å²) in [6, 6.07) is 7.74. The van der Waals surface area contributed by atoms with Gasteiger partial charge in [-0.2, -0.15) is 0 Å². The second kappa shape index (κ2) is 4.51. The molecule has 0 aliphatic rings. The predicted molar refractivity (Wildman–Crippen MR) is 73.4 cm³/mol. The Hall–Kier alpha value is -2.14. The van der Waals surface area contributed by atoms with Gasteiger partial charge in [0.15, 0.2) is 0 Å². The van der Waals surface area contributed by atoms with Crippen molar-refractivity contribution in [2.45, 2.75) is 6.92 Å². The van der Waals surface area contributed by atoms with Crippen molar-refractivity contribution >= 4 is 28.3 Å². The normalized spacial score (nSPS) is 10.8. The van der Waals surface area contributed by atoms with E-state index in [1.54, 1.807) is 13.2 Å². The van der Waals surface area contributed by atoms with E-state index in [-0.39, 0.29) is 5.97 Å². The Labute approximate surface area is 113 Å². The van der Waals surface area contributed by atoms with Crippen molar-refractivity contribution in [3.63, 3.8) is 0 Å². The van der Waals surface area contributed by atoms with Crippen molar-refractivity contribution in [2.75, 3.05) is 7.11 Å². The lowest BCUT2D eigenvalue weighted by atomic mass is 10.2. The van der Waals surface area contributed by atoms with Crippen LogP contribution in [0, 0.1) is 6.92 Å². The topological polar surface area (TPSA) is 52.3 Å². The zero-order valence-corrected chi connectivity index (χ0v) is 11.3. The fourth-order valence-corrected chi connectivity index (χ4v) is 2.94. The van der Waals surface area contributed by atoms with Gasteiger partial charge in [0.05, 0.1) is 18.4 Å². The number of hydrogen-bond acceptors (Lipinski definition) is 5. The van der Waals surface area contributed by atoms with E-state index in [2.05, 4.69) is 4.98 Å². The molecule has 19 heavy (non-hydrogen) atoms. The molecule has 0 aliphatic heterocycles. The van der Waals surface area contributed by atoms with Gasteiger partial charge in [-0.25, -0.2) is 9.78 Å². The second-order valence-corrected chi connectivity index (χ2v) is 5.07. The Morgan fingerprint density at radius 2 is 2.16 bits per heavy atom. The summed E-state index contributed by atoms with van der Waals surface area (Å²) in [6.07, 6.45) is 1.67. The highest BCUT2D eigenvalue weighted by atomic mass is 32.1. The number of furan rings is 1. The number of para-hydroxylation sites is 1. The molecule has 0 atom stereocenters. The van der Waals surface area contributed by atoms with Crippen molar-refractivity contribution in [1.29, 1.82) is 0 Å². The molecule has 0 N–H and O–H groups in total. The summed E-state index contributed by atoms with van der Waals surface area (Å²) in [5, 5.41) is 1.76. The van der Waals surface area contributed by atoms with Gasteiger partial charge >= 0.3 is 5.97 Å². The van der Waals surface area contributed by atoms with E-state index >= 15 is 0 Å². The molecule has 2 aromatic heterocycles. The number of ether oxygens (including phenoxy) is 1. The number of thiazole rings is 1. The molecule has 0 fully saturated rings. The predicted octanol–water partition coefficient (Wildman–Crippen LogP) is 3.65. The van der Waals surface area contributed by atoms with Crippen LogP contribution in [-0.2, 0) is 4.74 Å². The van der Waals surface area contributed by atoms with E-state index in [9.17, 15) is 4.79 Å². The highest BCUT2D eigenvalue weighted by Crippen LogP contribution is 2.34. The largest absolute Gasteiger partial charge is 0.465 e. The van der Waals surface area contributed by atoms with Gasteiger partial charge in [0.25, 0.3) is 0 Å². The third-order valence-electron chi connectivity index (χ3n) is 2.88. The molecule has 0 unspecified atom stereocenters. The van der Waals surface area contributed by atoms with E-state index in [0.29, 0.717) is 10.6 Å². The number of benzene rings is 1. The summed E-state index contributed by atoms with van der Waals surface area (Å²) in [5.74, 6) is -0.353. The minimum atomic E-state index is -0.353. The van der Waals surface area contributed by atoms with Gasteiger partial charge in [-0.15, -0.1) is 11.3 Å². The number of esters is 1. The summed E-state index contributed by atoms with van der Waals surface area (Å²) in [5.41, 5.74) is 2.39. The van der Waals surface area contributed by atoms with Crippen LogP contribution in [0.2, 0.25) is 0 Å². The molecule has 1 aromatic carbocycles. The smallest absolute Gasteiger partial charge is 0.349 e. The number of hydrogen-bond donors (Lipinski definition) is 0. The van der Waals surface area contributed by atoms with E-state index in [1.165, 1.54) is 18.4 Å². The molecule has 0 bridgehead atoms. The number of fused-ring (bicyclic) bond motifs is 1. The first-order chi connectivity index (χ1) is 9.20. The zero-order valence-electron chi connectivity index (χ0n) is 10.5. The molecule has 0 aliphatic carbocycles. The molecule has 0 spiro atoms. The second-order valence-electron chi connectivity index (χ2n) is 4.07. The van der Waals surface area contributed by atoms with Gasteiger partial charge in [-0.3, -0.25) is 0 Å². The summed E-state index contributed by atoms with van der Waals surface area (Å²) in [7, 11) is 1.37. The maximum Gasteiger partial charge on any atom is 0.349 e. The summed E-state index contributed by atoms with van der Waals surface area (Å²) in [4.78, 5) is 16.6. The number of carbonyl (C=O) groups is 1. The highest BCUT2D eigenvalue weighted by Gasteiger charge is 2.18. The van der Waals surface area contributed by atoms with Crippen molar-refractivity contribution in [3.05, 3.63) is 41.1 Å². The van der Waals surface area contributed by atoms with Crippen LogP contribution in [0.1, 0.15) is 15.4 Å². The van der Waals surface area contributed by atoms with Crippen LogP contribution in [0.5, 0.6) is 0 Å². The van der Waals surface area contributed by atoms with Gasteiger partial charge in [0.2, 0.25) is 0 Å². The molecule has 0 saturated heterocycles. The van der Waals surface area contributed by atoms with Gasteiger partial charge in [-0.05, 0) is 13.0 Å². The van der Waals surface area contributed by atoms with Crippen molar-refractivity contribution in [2.24, 2.45) is 0 Å². The van der Waals surface area contributed by atoms with Crippen LogP contribution in [-0.4, -0.2) is 18.1 Å². The third-order valence-corrected chi connectivity index (χ3v) is 4.05. The first kappa shape index (κ1) is 11.9. The van der Waals surface area contributed by atoms with Crippen LogP contribution in [0.25, 0.3) is 21.5 Å². The lowest BCUT2D eigenvalue weighted by Gasteiger charge is -1.93. The van der Waals surface area contributed by atoms with Crippen molar-refractivity contribution < 1.29 is 13.9 Å². The Morgan fingerprint density at radius 3 is 2.95 bits per heavy atom. The number of aryl methyl sites for hydroxylation is 1. The SMILES string of the molecule is COC(=O)c1sc(-c2coc3ccccc23)nc1C. The molecular formula is C14H11NO3S. The van der Waals surface area contributed by atoms with Crippen LogP contribution >= 0.6 is 11.3 Å². The summed E-state index contributed by atoms with van der Waals surface area (Å²) >= 11 is 1.32. The average Bonchev–Trinajstić information content (AvgIpc) is 3.01. The number of carbonyl (C=O) groups excluding carboxylic acids is 1. The average molecular weight is 273 g/mol. The molecule has 0 saturated carbocycles. The third kappa shape index (κ3) is 1.92. The Kier molecular flexibility index (Phi) is 2.83.